The van der Waals surface area contributed by atoms with E-state index in [1.807, 2.05) is 0 Å². The van der Waals surface area contributed by atoms with E-state index in [4.69, 9.17) is 21.4 Å². The van der Waals surface area contributed by atoms with Crippen LogP contribution in [0.25, 0.3) is 5.69 Å². The number of aromatic nitrogens is 2. The fraction of sp³-hybridized carbons (Fsp3) is 0.312. The van der Waals surface area contributed by atoms with Crippen molar-refractivity contribution >= 4 is 23.5 Å². The van der Waals surface area contributed by atoms with Crippen LogP contribution in [0.15, 0.2) is 30.5 Å². The van der Waals surface area contributed by atoms with E-state index in [9.17, 15) is 9.59 Å². The third kappa shape index (κ3) is 4.33. The molecule has 0 aliphatic carbocycles. The van der Waals surface area contributed by atoms with Crippen molar-refractivity contribution in [1.82, 2.24) is 14.7 Å². The summed E-state index contributed by atoms with van der Waals surface area (Å²) >= 11 is 5.87. The lowest BCUT2D eigenvalue weighted by Crippen LogP contribution is -2.38. The summed E-state index contributed by atoms with van der Waals surface area (Å²) in [6.07, 6.45) is 1.59. The summed E-state index contributed by atoms with van der Waals surface area (Å²) in [7, 11) is 1.49. The Morgan fingerprint density at radius 3 is 2.58 bits per heavy atom. The van der Waals surface area contributed by atoms with Gasteiger partial charge in [-0.3, -0.25) is 9.59 Å². The zero-order valence-electron chi connectivity index (χ0n) is 13.4. The lowest BCUT2D eigenvalue weighted by Gasteiger charge is -2.19. The van der Waals surface area contributed by atoms with Crippen LogP contribution >= 0.6 is 11.6 Å². The molecular weight excluding hydrogens is 334 g/mol. The number of aryl methyl sites for hydroxylation is 1. The third-order valence-electron chi connectivity index (χ3n) is 3.40. The SMILES string of the molecule is COCCN(CC(=O)O)C(=O)c1cn(-c2ccc(Cl)cc2)nc1C. The van der Waals surface area contributed by atoms with Crippen molar-refractivity contribution in [3.8, 4) is 5.69 Å². The van der Waals surface area contributed by atoms with E-state index in [0.29, 0.717) is 16.3 Å². The van der Waals surface area contributed by atoms with Crippen molar-refractivity contribution in [2.75, 3.05) is 26.8 Å². The molecule has 128 valence electrons. The number of benzene rings is 1. The van der Waals surface area contributed by atoms with Gasteiger partial charge in [0, 0.05) is 24.9 Å². The molecule has 1 aromatic heterocycles. The summed E-state index contributed by atoms with van der Waals surface area (Å²) in [4.78, 5) is 24.8. The van der Waals surface area contributed by atoms with E-state index in [-0.39, 0.29) is 13.2 Å². The van der Waals surface area contributed by atoms with E-state index in [1.165, 1.54) is 12.0 Å². The van der Waals surface area contributed by atoms with E-state index in [0.717, 1.165) is 5.69 Å². The quantitative estimate of drug-likeness (QED) is 0.824. The van der Waals surface area contributed by atoms with E-state index in [2.05, 4.69) is 5.10 Å². The Hall–Kier alpha value is -2.38. The Balaban J connectivity index is 2.27. The maximum atomic E-state index is 12.6. The number of carboxylic acids is 1. The van der Waals surface area contributed by atoms with Gasteiger partial charge in [0.05, 0.1) is 23.6 Å². The highest BCUT2D eigenvalue weighted by atomic mass is 35.5. The van der Waals surface area contributed by atoms with Gasteiger partial charge in [0.15, 0.2) is 0 Å². The molecule has 1 heterocycles. The molecule has 0 atom stereocenters. The highest BCUT2D eigenvalue weighted by Crippen LogP contribution is 2.16. The predicted octanol–water partition coefficient (Wildman–Crippen LogP) is 2.01. The summed E-state index contributed by atoms with van der Waals surface area (Å²) in [6, 6.07) is 7.02. The van der Waals surface area contributed by atoms with Crippen molar-refractivity contribution in [3.05, 3.63) is 46.7 Å². The van der Waals surface area contributed by atoms with Crippen LogP contribution in [-0.2, 0) is 9.53 Å². The Labute approximate surface area is 144 Å². The van der Waals surface area contributed by atoms with Crippen LogP contribution in [0.3, 0.4) is 0 Å². The van der Waals surface area contributed by atoms with Gasteiger partial charge in [-0.2, -0.15) is 5.10 Å². The molecule has 0 saturated heterocycles. The number of ether oxygens (including phenoxy) is 1. The summed E-state index contributed by atoms with van der Waals surface area (Å²) in [5, 5.41) is 13.9. The molecule has 0 radical (unpaired) electrons. The Kier molecular flexibility index (Phi) is 5.94. The molecule has 0 saturated carbocycles. The van der Waals surface area contributed by atoms with E-state index in [1.54, 1.807) is 42.1 Å². The van der Waals surface area contributed by atoms with Gasteiger partial charge < -0.3 is 14.7 Å². The molecule has 0 aliphatic heterocycles. The number of carbonyl (C=O) groups is 2. The fourth-order valence-electron chi connectivity index (χ4n) is 2.18. The van der Waals surface area contributed by atoms with Gasteiger partial charge in [0.2, 0.25) is 0 Å². The maximum absolute atomic E-state index is 12.6. The second-order valence-corrected chi connectivity index (χ2v) is 5.60. The smallest absolute Gasteiger partial charge is 0.323 e. The molecule has 0 bridgehead atoms. The van der Waals surface area contributed by atoms with Crippen molar-refractivity contribution in [2.24, 2.45) is 0 Å². The highest BCUT2D eigenvalue weighted by Gasteiger charge is 2.22. The lowest BCUT2D eigenvalue weighted by atomic mass is 10.2. The second-order valence-electron chi connectivity index (χ2n) is 5.16. The van der Waals surface area contributed by atoms with Gasteiger partial charge in [-0.25, -0.2) is 4.68 Å². The number of nitrogens with zero attached hydrogens (tertiary/aromatic N) is 3. The highest BCUT2D eigenvalue weighted by molar-refractivity contribution is 6.30. The van der Waals surface area contributed by atoms with Crippen molar-refractivity contribution < 1.29 is 19.4 Å². The minimum atomic E-state index is -1.08. The Bertz CT molecular complexity index is 727. The molecule has 1 N–H and O–H groups in total. The predicted molar refractivity (Wildman–Crippen MR) is 88.7 cm³/mol. The maximum Gasteiger partial charge on any atom is 0.323 e. The number of aliphatic carboxylic acids is 1. The first kappa shape index (κ1) is 18.0. The Morgan fingerprint density at radius 2 is 2.00 bits per heavy atom. The van der Waals surface area contributed by atoms with Crippen LogP contribution in [0.5, 0.6) is 0 Å². The zero-order chi connectivity index (χ0) is 17.7. The number of amides is 1. The van der Waals surface area contributed by atoms with Crippen LogP contribution in [0.1, 0.15) is 16.1 Å². The molecule has 24 heavy (non-hydrogen) atoms. The molecule has 0 fully saturated rings. The molecule has 8 heteroatoms. The number of hydrogen-bond acceptors (Lipinski definition) is 4. The molecule has 7 nitrogen and oxygen atoms in total. The normalized spacial score (nSPS) is 10.6. The number of hydrogen-bond donors (Lipinski definition) is 1. The van der Waals surface area contributed by atoms with Gasteiger partial charge in [-0.05, 0) is 31.2 Å². The van der Waals surface area contributed by atoms with E-state index < -0.39 is 18.4 Å². The minimum absolute atomic E-state index is 0.188. The van der Waals surface area contributed by atoms with Gasteiger partial charge >= 0.3 is 5.97 Å². The van der Waals surface area contributed by atoms with Crippen LogP contribution in [0.2, 0.25) is 5.02 Å². The minimum Gasteiger partial charge on any atom is -0.480 e. The fourth-order valence-corrected chi connectivity index (χ4v) is 2.31. The number of carboxylic acid groups (broad SMARTS) is 1. The molecule has 2 rings (SSSR count). The van der Waals surface area contributed by atoms with E-state index >= 15 is 0 Å². The summed E-state index contributed by atoms with van der Waals surface area (Å²) < 4.78 is 6.50. The standard InChI is InChI=1S/C16H18ClN3O4/c1-11-14(16(23)19(7-8-24-2)10-15(21)22)9-20(18-11)13-5-3-12(17)4-6-13/h3-6,9H,7-8,10H2,1-2H3,(H,21,22). The second kappa shape index (κ2) is 7.94. The van der Waals surface area contributed by atoms with Crippen LogP contribution in [0, 0.1) is 6.92 Å². The molecule has 1 amide bonds. The molecule has 0 aliphatic rings. The molecule has 0 spiro atoms. The first-order valence-electron chi connectivity index (χ1n) is 7.24. The first-order valence-corrected chi connectivity index (χ1v) is 7.62. The molecule has 1 aromatic carbocycles. The van der Waals surface area contributed by atoms with Gasteiger partial charge in [-0.15, -0.1) is 0 Å². The van der Waals surface area contributed by atoms with Gasteiger partial charge in [-0.1, -0.05) is 11.6 Å². The van der Waals surface area contributed by atoms with Crippen molar-refractivity contribution in [2.45, 2.75) is 6.92 Å². The van der Waals surface area contributed by atoms with Gasteiger partial charge in [0.25, 0.3) is 5.91 Å². The monoisotopic (exact) mass is 351 g/mol. The summed E-state index contributed by atoms with van der Waals surface area (Å²) in [5.74, 6) is -1.48. The molecule has 2 aromatic rings. The number of rotatable bonds is 7. The lowest BCUT2D eigenvalue weighted by molar-refractivity contribution is -0.137. The van der Waals surface area contributed by atoms with Crippen molar-refractivity contribution in [1.29, 1.82) is 0 Å². The average molecular weight is 352 g/mol. The van der Waals surface area contributed by atoms with Crippen LogP contribution in [0.4, 0.5) is 0 Å². The number of methoxy groups -OCH3 is 1. The summed E-state index contributed by atoms with van der Waals surface area (Å²) in [6.45, 7) is 1.75. The number of halogens is 1. The third-order valence-corrected chi connectivity index (χ3v) is 3.65. The topological polar surface area (TPSA) is 84.7 Å². The van der Waals surface area contributed by atoms with Gasteiger partial charge in [0.1, 0.15) is 6.54 Å². The molecular formula is C16H18ClN3O4. The molecule has 0 unspecified atom stereocenters. The Morgan fingerprint density at radius 1 is 1.33 bits per heavy atom. The largest absolute Gasteiger partial charge is 0.480 e. The van der Waals surface area contributed by atoms with Crippen LogP contribution in [-0.4, -0.2) is 58.5 Å². The number of carbonyl (C=O) groups excluding carboxylic acids is 1. The first-order chi connectivity index (χ1) is 11.4. The average Bonchev–Trinajstić information content (AvgIpc) is 2.93. The summed E-state index contributed by atoms with van der Waals surface area (Å²) in [5.41, 5.74) is 1.62. The van der Waals surface area contributed by atoms with Crippen molar-refractivity contribution in [3.63, 3.8) is 0 Å². The van der Waals surface area contributed by atoms with Crippen LogP contribution < -0.4 is 0 Å². The zero-order valence-corrected chi connectivity index (χ0v) is 14.2.